The molecule has 0 amide bonds. The number of hydrogen-bond donors (Lipinski definition) is 1. The molecular weight excluding hydrogens is 276 g/mol. The molecule has 0 saturated heterocycles. The highest BCUT2D eigenvalue weighted by Crippen LogP contribution is 2.29. The Labute approximate surface area is 121 Å². The highest BCUT2D eigenvalue weighted by molar-refractivity contribution is 7.08. The quantitative estimate of drug-likeness (QED) is 0.723. The lowest BCUT2D eigenvalue weighted by Crippen LogP contribution is -2.06. The Hall–Kier alpha value is -1.58. The Balaban J connectivity index is 2.00. The van der Waals surface area contributed by atoms with E-state index in [1.54, 1.807) is 17.5 Å². The molecule has 1 N–H and O–H groups in total. The van der Waals surface area contributed by atoms with E-state index in [4.69, 9.17) is 11.6 Å². The second-order valence-corrected chi connectivity index (χ2v) is 5.67. The number of benzene rings is 1. The van der Waals surface area contributed by atoms with Crippen LogP contribution in [-0.2, 0) is 0 Å². The van der Waals surface area contributed by atoms with E-state index in [9.17, 15) is 0 Å². The Bertz CT molecular complexity index is 694. The lowest BCUT2D eigenvalue weighted by molar-refractivity contribution is 0.892. The predicted molar refractivity (Wildman–Crippen MR) is 83.1 cm³/mol. The van der Waals surface area contributed by atoms with Crippen LogP contribution in [0.15, 0.2) is 47.3 Å². The van der Waals surface area contributed by atoms with Gasteiger partial charge in [0.15, 0.2) is 0 Å². The number of halogens is 1. The first-order valence-corrected chi connectivity index (χ1v) is 7.39. The maximum absolute atomic E-state index is 6.17. The summed E-state index contributed by atoms with van der Waals surface area (Å²) >= 11 is 7.87. The van der Waals surface area contributed by atoms with Gasteiger partial charge < -0.3 is 5.32 Å². The summed E-state index contributed by atoms with van der Waals surface area (Å²) < 4.78 is 0. The minimum atomic E-state index is 0.231. The molecule has 1 atom stereocenters. The summed E-state index contributed by atoms with van der Waals surface area (Å²) in [5.74, 6) is 0. The molecule has 4 heteroatoms. The van der Waals surface area contributed by atoms with Gasteiger partial charge in [-0.15, -0.1) is 0 Å². The maximum Gasteiger partial charge on any atom is 0.0934 e. The average molecular weight is 289 g/mol. The molecule has 1 aromatic carbocycles. The first-order chi connectivity index (χ1) is 9.24. The molecule has 0 aliphatic heterocycles. The van der Waals surface area contributed by atoms with Crippen molar-refractivity contribution in [3.63, 3.8) is 0 Å². The van der Waals surface area contributed by atoms with Gasteiger partial charge in [0.25, 0.3) is 0 Å². The third-order valence-electron chi connectivity index (χ3n) is 3.08. The van der Waals surface area contributed by atoms with Crippen molar-refractivity contribution in [3.05, 3.63) is 57.9 Å². The summed E-state index contributed by atoms with van der Waals surface area (Å²) in [4.78, 5) is 4.44. The number of aromatic nitrogens is 1. The van der Waals surface area contributed by atoms with Gasteiger partial charge in [-0.3, -0.25) is 4.98 Å². The monoisotopic (exact) mass is 288 g/mol. The molecule has 0 fully saturated rings. The molecular formula is C15H13ClN2S. The third kappa shape index (κ3) is 2.57. The summed E-state index contributed by atoms with van der Waals surface area (Å²) in [6, 6.07) is 10.2. The van der Waals surface area contributed by atoms with Gasteiger partial charge >= 0.3 is 0 Å². The van der Waals surface area contributed by atoms with Crippen LogP contribution in [0.25, 0.3) is 10.9 Å². The zero-order valence-electron chi connectivity index (χ0n) is 10.4. The molecule has 1 unspecified atom stereocenters. The first kappa shape index (κ1) is 12.5. The van der Waals surface area contributed by atoms with E-state index >= 15 is 0 Å². The number of thiophene rings is 1. The minimum Gasteiger partial charge on any atom is -0.377 e. The van der Waals surface area contributed by atoms with E-state index in [-0.39, 0.29) is 6.04 Å². The Kier molecular flexibility index (Phi) is 3.40. The van der Waals surface area contributed by atoms with E-state index in [0.29, 0.717) is 0 Å². The number of fused-ring (bicyclic) bond motifs is 1. The standard InChI is InChI=1S/C15H13ClN2S/c1-10(12-4-6-19-9-12)18-14-8-13(16)7-11-3-2-5-17-15(11)14/h2-10,18H,1H3. The highest BCUT2D eigenvalue weighted by Gasteiger charge is 2.09. The van der Waals surface area contributed by atoms with Crippen molar-refractivity contribution in [1.82, 2.24) is 4.98 Å². The fraction of sp³-hybridized carbons (Fsp3) is 0.133. The molecule has 0 aliphatic carbocycles. The zero-order chi connectivity index (χ0) is 13.2. The van der Waals surface area contributed by atoms with Crippen LogP contribution in [0.5, 0.6) is 0 Å². The molecule has 3 rings (SSSR count). The summed E-state index contributed by atoms with van der Waals surface area (Å²) in [5.41, 5.74) is 3.20. The van der Waals surface area contributed by atoms with Gasteiger partial charge in [0.05, 0.1) is 11.2 Å². The molecule has 0 spiro atoms. The van der Waals surface area contributed by atoms with Crippen molar-refractivity contribution in [2.24, 2.45) is 0 Å². The first-order valence-electron chi connectivity index (χ1n) is 6.07. The molecule has 19 heavy (non-hydrogen) atoms. The van der Waals surface area contributed by atoms with Crippen molar-refractivity contribution < 1.29 is 0 Å². The summed E-state index contributed by atoms with van der Waals surface area (Å²) in [7, 11) is 0. The number of rotatable bonds is 3. The lowest BCUT2D eigenvalue weighted by Gasteiger charge is -2.16. The van der Waals surface area contributed by atoms with Gasteiger partial charge in [-0.25, -0.2) is 0 Å². The predicted octanol–water partition coefficient (Wildman–Crippen LogP) is 5.12. The van der Waals surface area contributed by atoms with Crippen molar-refractivity contribution in [2.45, 2.75) is 13.0 Å². The number of nitrogens with zero attached hydrogens (tertiary/aromatic N) is 1. The Morgan fingerprint density at radius 3 is 3.00 bits per heavy atom. The normalized spacial score (nSPS) is 12.5. The zero-order valence-corrected chi connectivity index (χ0v) is 12.0. The SMILES string of the molecule is CC(Nc1cc(Cl)cc2cccnc12)c1ccsc1. The van der Waals surface area contributed by atoms with Crippen molar-refractivity contribution in [3.8, 4) is 0 Å². The largest absolute Gasteiger partial charge is 0.377 e. The fourth-order valence-electron chi connectivity index (χ4n) is 2.10. The van der Waals surface area contributed by atoms with E-state index < -0.39 is 0 Å². The highest BCUT2D eigenvalue weighted by atomic mass is 35.5. The molecule has 0 bridgehead atoms. The molecule has 0 aliphatic rings. The molecule has 2 aromatic heterocycles. The van der Waals surface area contributed by atoms with Crippen LogP contribution in [0, 0.1) is 0 Å². The fourth-order valence-corrected chi connectivity index (χ4v) is 3.08. The van der Waals surface area contributed by atoms with Crippen LogP contribution < -0.4 is 5.32 Å². The Morgan fingerprint density at radius 2 is 2.21 bits per heavy atom. The van der Waals surface area contributed by atoms with Gasteiger partial charge in [-0.1, -0.05) is 17.7 Å². The second kappa shape index (κ2) is 5.19. The van der Waals surface area contributed by atoms with Gasteiger partial charge in [0.2, 0.25) is 0 Å². The van der Waals surface area contributed by atoms with Gasteiger partial charge in [0, 0.05) is 22.6 Å². The van der Waals surface area contributed by atoms with Gasteiger partial charge in [-0.2, -0.15) is 11.3 Å². The van der Waals surface area contributed by atoms with Crippen molar-refractivity contribution >= 4 is 39.5 Å². The van der Waals surface area contributed by atoms with Crippen LogP contribution in [0.3, 0.4) is 0 Å². The molecule has 3 aromatic rings. The van der Waals surface area contributed by atoms with Crippen LogP contribution in [-0.4, -0.2) is 4.98 Å². The average Bonchev–Trinajstić information content (AvgIpc) is 2.92. The summed E-state index contributed by atoms with van der Waals surface area (Å²) in [5, 5.41) is 9.50. The van der Waals surface area contributed by atoms with Crippen LogP contribution in [0.2, 0.25) is 5.02 Å². The Morgan fingerprint density at radius 1 is 1.32 bits per heavy atom. The minimum absolute atomic E-state index is 0.231. The topological polar surface area (TPSA) is 24.9 Å². The molecule has 2 nitrogen and oxygen atoms in total. The van der Waals surface area contributed by atoms with Crippen LogP contribution in [0.4, 0.5) is 5.69 Å². The number of pyridine rings is 1. The van der Waals surface area contributed by atoms with Gasteiger partial charge in [-0.05, 0) is 47.5 Å². The van der Waals surface area contributed by atoms with Crippen molar-refractivity contribution in [1.29, 1.82) is 0 Å². The summed E-state index contributed by atoms with van der Waals surface area (Å²) in [6.07, 6.45) is 1.80. The molecule has 0 saturated carbocycles. The van der Waals surface area contributed by atoms with Crippen LogP contribution >= 0.6 is 22.9 Å². The lowest BCUT2D eigenvalue weighted by atomic mass is 10.1. The van der Waals surface area contributed by atoms with Gasteiger partial charge in [0.1, 0.15) is 0 Å². The summed E-state index contributed by atoms with van der Waals surface area (Å²) in [6.45, 7) is 2.14. The molecule has 2 heterocycles. The number of nitrogens with one attached hydrogen (secondary N) is 1. The van der Waals surface area contributed by atoms with E-state index in [2.05, 4.69) is 34.1 Å². The maximum atomic E-state index is 6.17. The van der Waals surface area contributed by atoms with E-state index in [1.165, 1.54) is 5.56 Å². The van der Waals surface area contributed by atoms with Crippen molar-refractivity contribution in [2.75, 3.05) is 5.32 Å². The molecule has 0 radical (unpaired) electrons. The van der Waals surface area contributed by atoms with E-state index in [1.807, 2.05) is 24.3 Å². The third-order valence-corrected chi connectivity index (χ3v) is 4.00. The van der Waals surface area contributed by atoms with E-state index in [0.717, 1.165) is 21.6 Å². The smallest absolute Gasteiger partial charge is 0.0934 e. The second-order valence-electron chi connectivity index (χ2n) is 4.45. The number of hydrogen-bond acceptors (Lipinski definition) is 3. The number of anilines is 1. The van der Waals surface area contributed by atoms with Crippen LogP contribution in [0.1, 0.15) is 18.5 Å². The molecule has 96 valence electrons.